The molecule has 0 saturated carbocycles. The molecule has 1 aliphatic rings. The van der Waals surface area contributed by atoms with Gasteiger partial charge in [-0.25, -0.2) is 4.39 Å². The number of rotatable bonds is 4. The Balaban J connectivity index is 1.94. The zero-order chi connectivity index (χ0) is 14.5. The van der Waals surface area contributed by atoms with Crippen molar-refractivity contribution in [2.24, 2.45) is 0 Å². The number of carbonyl (C=O) groups excluding carboxylic acids is 1. The second kappa shape index (κ2) is 7.04. The molecular formula is C14H17BrFNO3. The Kier molecular flexibility index (Phi) is 5.37. The highest BCUT2D eigenvalue weighted by Gasteiger charge is 2.25. The van der Waals surface area contributed by atoms with Crippen molar-refractivity contribution in [3.8, 4) is 5.75 Å². The molecule has 0 aromatic heterocycles. The predicted molar refractivity (Wildman–Crippen MR) is 76.7 cm³/mol. The highest BCUT2D eigenvalue weighted by Crippen LogP contribution is 2.22. The molecule has 1 N–H and O–H groups in total. The number of phenolic OH excluding ortho intramolecular Hbond substituents is 1. The Hall–Kier alpha value is -1.14. The number of halogens is 2. The Morgan fingerprint density at radius 1 is 1.45 bits per heavy atom. The van der Waals surface area contributed by atoms with E-state index in [2.05, 4.69) is 15.9 Å². The third-order valence-corrected chi connectivity index (χ3v) is 3.67. The van der Waals surface area contributed by atoms with Gasteiger partial charge in [0.25, 0.3) is 5.91 Å². The van der Waals surface area contributed by atoms with E-state index in [1.54, 1.807) is 4.90 Å². The Morgan fingerprint density at radius 2 is 2.15 bits per heavy atom. The van der Waals surface area contributed by atoms with Crippen LogP contribution in [0.3, 0.4) is 0 Å². The lowest BCUT2D eigenvalue weighted by molar-refractivity contribution is 0.0159. The lowest BCUT2D eigenvalue weighted by Crippen LogP contribution is -2.41. The van der Waals surface area contributed by atoms with Gasteiger partial charge < -0.3 is 14.7 Å². The summed E-state index contributed by atoms with van der Waals surface area (Å²) in [4.78, 5) is 13.9. The Bertz CT molecular complexity index is 475. The summed E-state index contributed by atoms with van der Waals surface area (Å²) in [6.45, 7) is 1.84. The van der Waals surface area contributed by atoms with Crippen molar-refractivity contribution in [3.05, 3.63) is 29.6 Å². The molecule has 0 aliphatic carbocycles. The van der Waals surface area contributed by atoms with Gasteiger partial charge in [-0.05, 0) is 25.0 Å². The molecule has 6 heteroatoms. The van der Waals surface area contributed by atoms with Gasteiger partial charge in [-0.15, -0.1) is 0 Å². The predicted octanol–water partition coefficient (Wildman–Crippen LogP) is 2.55. The van der Waals surface area contributed by atoms with E-state index in [9.17, 15) is 14.3 Å². The Morgan fingerprint density at radius 3 is 2.75 bits per heavy atom. The SMILES string of the molecule is O=C(c1ccc(F)cc1O)N1CCC(OCCBr)CC1. The summed E-state index contributed by atoms with van der Waals surface area (Å²) in [5.41, 5.74) is 0.145. The third kappa shape index (κ3) is 3.70. The zero-order valence-electron chi connectivity index (χ0n) is 11.0. The van der Waals surface area contributed by atoms with E-state index >= 15 is 0 Å². The minimum Gasteiger partial charge on any atom is -0.507 e. The molecule has 1 aromatic carbocycles. The fraction of sp³-hybridized carbons (Fsp3) is 0.500. The number of hydrogen-bond donors (Lipinski definition) is 1. The van der Waals surface area contributed by atoms with Crippen molar-refractivity contribution < 1.29 is 19.0 Å². The number of likely N-dealkylation sites (tertiary alicyclic amines) is 1. The number of aromatic hydroxyl groups is 1. The number of hydrogen-bond acceptors (Lipinski definition) is 3. The average Bonchev–Trinajstić information content (AvgIpc) is 2.45. The fourth-order valence-electron chi connectivity index (χ4n) is 2.29. The van der Waals surface area contributed by atoms with Crippen LogP contribution in [0.4, 0.5) is 4.39 Å². The molecule has 1 saturated heterocycles. The van der Waals surface area contributed by atoms with Crippen LogP contribution in [0.5, 0.6) is 5.75 Å². The zero-order valence-corrected chi connectivity index (χ0v) is 12.6. The monoisotopic (exact) mass is 345 g/mol. The highest BCUT2D eigenvalue weighted by molar-refractivity contribution is 9.09. The van der Waals surface area contributed by atoms with Crippen molar-refractivity contribution in [2.45, 2.75) is 18.9 Å². The number of phenols is 1. The molecule has 0 atom stereocenters. The van der Waals surface area contributed by atoms with Crippen LogP contribution in [0.25, 0.3) is 0 Å². The van der Waals surface area contributed by atoms with Crippen LogP contribution in [0.2, 0.25) is 0 Å². The number of nitrogens with zero attached hydrogens (tertiary/aromatic N) is 1. The molecule has 0 radical (unpaired) electrons. The highest BCUT2D eigenvalue weighted by atomic mass is 79.9. The van der Waals surface area contributed by atoms with E-state index in [4.69, 9.17) is 4.74 Å². The van der Waals surface area contributed by atoms with Crippen molar-refractivity contribution in [1.29, 1.82) is 0 Å². The molecule has 0 spiro atoms. The molecule has 4 nitrogen and oxygen atoms in total. The molecule has 1 aliphatic heterocycles. The molecule has 1 heterocycles. The van der Waals surface area contributed by atoms with Crippen LogP contribution in [0, 0.1) is 5.82 Å². The molecule has 1 fully saturated rings. The van der Waals surface area contributed by atoms with Crippen LogP contribution >= 0.6 is 15.9 Å². The smallest absolute Gasteiger partial charge is 0.257 e. The van der Waals surface area contributed by atoms with E-state index in [-0.39, 0.29) is 23.3 Å². The van der Waals surface area contributed by atoms with E-state index in [1.165, 1.54) is 12.1 Å². The lowest BCUT2D eigenvalue weighted by atomic mass is 10.1. The second-order valence-electron chi connectivity index (χ2n) is 4.71. The van der Waals surface area contributed by atoms with E-state index < -0.39 is 5.82 Å². The van der Waals surface area contributed by atoms with Gasteiger partial charge in [0.2, 0.25) is 0 Å². The number of alkyl halides is 1. The summed E-state index contributed by atoms with van der Waals surface area (Å²) >= 11 is 3.31. The van der Waals surface area contributed by atoms with Crippen LogP contribution < -0.4 is 0 Å². The number of amides is 1. The first-order chi connectivity index (χ1) is 9.61. The Labute approximate surface area is 125 Å². The van der Waals surface area contributed by atoms with Gasteiger partial charge >= 0.3 is 0 Å². The first-order valence-corrected chi connectivity index (χ1v) is 7.69. The average molecular weight is 346 g/mol. The van der Waals surface area contributed by atoms with Gasteiger partial charge in [-0.3, -0.25) is 4.79 Å². The first kappa shape index (κ1) is 15.3. The topological polar surface area (TPSA) is 49.8 Å². The lowest BCUT2D eigenvalue weighted by Gasteiger charge is -2.32. The first-order valence-electron chi connectivity index (χ1n) is 6.57. The molecule has 0 bridgehead atoms. The van der Waals surface area contributed by atoms with Gasteiger partial charge in [0.15, 0.2) is 0 Å². The molecule has 0 unspecified atom stereocenters. The molecule has 110 valence electrons. The van der Waals surface area contributed by atoms with Crippen molar-refractivity contribution in [3.63, 3.8) is 0 Å². The minimum atomic E-state index is -0.555. The molecule has 1 aromatic rings. The summed E-state index contributed by atoms with van der Waals surface area (Å²) in [5.74, 6) is -1.13. The number of benzene rings is 1. The van der Waals surface area contributed by atoms with Gasteiger partial charge in [0.1, 0.15) is 11.6 Å². The number of piperidine rings is 1. The molecular weight excluding hydrogens is 329 g/mol. The number of ether oxygens (including phenoxy) is 1. The second-order valence-corrected chi connectivity index (χ2v) is 5.51. The number of carbonyl (C=O) groups is 1. The van der Waals surface area contributed by atoms with E-state index in [1.807, 2.05) is 0 Å². The molecule has 20 heavy (non-hydrogen) atoms. The summed E-state index contributed by atoms with van der Waals surface area (Å²) in [7, 11) is 0. The van der Waals surface area contributed by atoms with Gasteiger partial charge in [0.05, 0.1) is 18.3 Å². The van der Waals surface area contributed by atoms with Crippen molar-refractivity contribution in [1.82, 2.24) is 4.90 Å². The van der Waals surface area contributed by atoms with E-state index in [0.717, 1.165) is 24.2 Å². The summed E-state index contributed by atoms with van der Waals surface area (Å²) in [5, 5.41) is 10.4. The maximum Gasteiger partial charge on any atom is 0.257 e. The molecule has 1 amide bonds. The third-order valence-electron chi connectivity index (χ3n) is 3.35. The summed E-state index contributed by atoms with van der Waals surface area (Å²) in [6, 6.07) is 3.46. The van der Waals surface area contributed by atoms with Crippen LogP contribution in [0.15, 0.2) is 18.2 Å². The maximum atomic E-state index is 12.9. The summed E-state index contributed by atoms with van der Waals surface area (Å²) in [6.07, 6.45) is 1.74. The summed E-state index contributed by atoms with van der Waals surface area (Å²) < 4.78 is 18.5. The van der Waals surface area contributed by atoms with Crippen LogP contribution in [0.1, 0.15) is 23.2 Å². The van der Waals surface area contributed by atoms with Crippen LogP contribution in [-0.2, 0) is 4.74 Å². The standard InChI is InChI=1S/C14H17BrFNO3/c15-5-8-20-11-3-6-17(7-4-11)14(19)12-2-1-10(16)9-13(12)18/h1-2,9,11,18H,3-8H2. The van der Waals surface area contributed by atoms with E-state index in [0.29, 0.717) is 19.7 Å². The van der Waals surface area contributed by atoms with Gasteiger partial charge in [0, 0.05) is 24.5 Å². The fourth-order valence-corrected chi connectivity index (χ4v) is 2.48. The quantitative estimate of drug-likeness (QED) is 0.853. The van der Waals surface area contributed by atoms with Crippen molar-refractivity contribution >= 4 is 21.8 Å². The normalized spacial score (nSPS) is 16.4. The maximum absolute atomic E-state index is 12.9. The molecule has 2 rings (SSSR count). The van der Waals surface area contributed by atoms with Gasteiger partial charge in [-0.2, -0.15) is 0 Å². The van der Waals surface area contributed by atoms with Gasteiger partial charge in [-0.1, -0.05) is 15.9 Å². The van der Waals surface area contributed by atoms with Crippen molar-refractivity contribution in [2.75, 3.05) is 25.0 Å². The minimum absolute atomic E-state index is 0.145. The largest absolute Gasteiger partial charge is 0.507 e. The van der Waals surface area contributed by atoms with Crippen LogP contribution in [-0.4, -0.2) is 47.0 Å².